The van der Waals surface area contributed by atoms with Crippen LogP contribution in [0, 0.1) is 18.8 Å². The molecule has 0 spiro atoms. The number of fused-ring (bicyclic) bond motifs is 2. The lowest BCUT2D eigenvalue weighted by Crippen LogP contribution is -2.32. The Hall–Kier alpha value is -1.81. The van der Waals surface area contributed by atoms with Gasteiger partial charge in [0.15, 0.2) is 5.76 Å². The van der Waals surface area contributed by atoms with E-state index in [1.54, 1.807) is 0 Å². The van der Waals surface area contributed by atoms with E-state index >= 15 is 0 Å². The second kappa shape index (κ2) is 3.84. The fourth-order valence-electron chi connectivity index (χ4n) is 3.13. The van der Waals surface area contributed by atoms with Crippen LogP contribution in [0.4, 0.5) is 0 Å². The van der Waals surface area contributed by atoms with E-state index in [1.165, 1.54) is 5.56 Å². The van der Waals surface area contributed by atoms with Crippen molar-refractivity contribution in [1.29, 1.82) is 0 Å². The predicted octanol–water partition coefficient (Wildman–Crippen LogP) is 1.69. The van der Waals surface area contributed by atoms with Gasteiger partial charge in [-0.2, -0.15) is 0 Å². The third-order valence-corrected chi connectivity index (χ3v) is 4.29. The predicted molar refractivity (Wildman–Crippen MR) is 72.1 cm³/mol. The van der Waals surface area contributed by atoms with Gasteiger partial charge in [0.1, 0.15) is 5.58 Å². The zero-order valence-corrected chi connectivity index (χ0v) is 10.8. The van der Waals surface area contributed by atoms with Crippen LogP contribution in [0.3, 0.4) is 0 Å². The molecule has 1 aromatic heterocycles. The normalized spacial score (nSPS) is 28.4. The number of carbonyl (C=O) groups is 1. The fourth-order valence-corrected chi connectivity index (χ4v) is 3.13. The van der Waals surface area contributed by atoms with E-state index in [0.29, 0.717) is 23.6 Å². The SMILES string of the molecule is Cc1ccc2oc(C(=O)NC3C4CNCC43)cc2c1. The summed E-state index contributed by atoms with van der Waals surface area (Å²) >= 11 is 0. The largest absolute Gasteiger partial charge is 0.451 e. The van der Waals surface area contributed by atoms with Crippen LogP contribution in [0.2, 0.25) is 0 Å². The summed E-state index contributed by atoms with van der Waals surface area (Å²) in [7, 11) is 0. The molecule has 1 saturated heterocycles. The molecule has 4 nitrogen and oxygen atoms in total. The molecule has 2 heterocycles. The molecule has 4 heteroatoms. The smallest absolute Gasteiger partial charge is 0.287 e. The lowest BCUT2D eigenvalue weighted by molar-refractivity contribution is 0.0921. The summed E-state index contributed by atoms with van der Waals surface area (Å²) in [5.74, 6) is 1.57. The number of aryl methyl sites for hydroxylation is 1. The molecule has 4 rings (SSSR count). The van der Waals surface area contributed by atoms with Gasteiger partial charge in [-0.15, -0.1) is 0 Å². The molecule has 2 aliphatic rings. The third-order valence-electron chi connectivity index (χ3n) is 4.29. The molecular weight excluding hydrogens is 240 g/mol. The molecule has 19 heavy (non-hydrogen) atoms. The van der Waals surface area contributed by atoms with Crippen molar-refractivity contribution >= 4 is 16.9 Å². The minimum atomic E-state index is -0.0896. The molecule has 2 unspecified atom stereocenters. The van der Waals surface area contributed by atoms with E-state index in [1.807, 2.05) is 31.2 Å². The van der Waals surface area contributed by atoms with E-state index in [4.69, 9.17) is 4.42 Å². The summed E-state index contributed by atoms with van der Waals surface area (Å²) in [4.78, 5) is 12.2. The van der Waals surface area contributed by atoms with Gasteiger partial charge in [-0.3, -0.25) is 4.79 Å². The van der Waals surface area contributed by atoms with Crippen molar-refractivity contribution in [3.05, 3.63) is 35.6 Å². The van der Waals surface area contributed by atoms with Crippen molar-refractivity contribution in [3.8, 4) is 0 Å². The Balaban J connectivity index is 1.55. The maximum Gasteiger partial charge on any atom is 0.287 e. The summed E-state index contributed by atoms with van der Waals surface area (Å²) < 4.78 is 5.61. The molecule has 2 atom stereocenters. The van der Waals surface area contributed by atoms with Crippen LogP contribution in [-0.4, -0.2) is 25.0 Å². The highest BCUT2D eigenvalue weighted by Crippen LogP contribution is 2.41. The Labute approximate surface area is 111 Å². The van der Waals surface area contributed by atoms with Crippen molar-refractivity contribution in [1.82, 2.24) is 10.6 Å². The van der Waals surface area contributed by atoms with Crippen LogP contribution in [0.25, 0.3) is 11.0 Å². The molecule has 2 N–H and O–H groups in total. The van der Waals surface area contributed by atoms with Gasteiger partial charge in [-0.05, 0) is 37.0 Å². The molecule has 1 aliphatic carbocycles. The first-order valence-corrected chi connectivity index (χ1v) is 6.74. The van der Waals surface area contributed by atoms with Gasteiger partial charge in [-0.25, -0.2) is 0 Å². The van der Waals surface area contributed by atoms with Gasteiger partial charge in [0.25, 0.3) is 5.91 Å². The number of rotatable bonds is 2. The van der Waals surface area contributed by atoms with E-state index < -0.39 is 0 Å². The topological polar surface area (TPSA) is 54.3 Å². The molecule has 0 bridgehead atoms. The highest BCUT2D eigenvalue weighted by molar-refractivity contribution is 5.96. The fraction of sp³-hybridized carbons (Fsp3) is 0.400. The highest BCUT2D eigenvalue weighted by atomic mass is 16.3. The van der Waals surface area contributed by atoms with Crippen molar-refractivity contribution in [2.45, 2.75) is 13.0 Å². The number of carbonyl (C=O) groups excluding carboxylic acids is 1. The number of hydrogen-bond acceptors (Lipinski definition) is 3. The van der Waals surface area contributed by atoms with Crippen LogP contribution < -0.4 is 10.6 Å². The van der Waals surface area contributed by atoms with Gasteiger partial charge >= 0.3 is 0 Å². The lowest BCUT2D eigenvalue weighted by atomic mass is 10.2. The Morgan fingerprint density at radius 1 is 1.32 bits per heavy atom. The number of nitrogens with one attached hydrogen (secondary N) is 2. The van der Waals surface area contributed by atoms with Crippen LogP contribution in [0.15, 0.2) is 28.7 Å². The van der Waals surface area contributed by atoms with Crippen molar-refractivity contribution < 1.29 is 9.21 Å². The lowest BCUT2D eigenvalue weighted by Gasteiger charge is -2.05. The molecule has 1 amide bonds. The summed E-state index contributed by atoms with van der Waals surface area (Å²) in [5.41, 5.74) is 1.94. The molecule has 98 valence electrons. The van der Waals surface area contributed by atoms with E-state index in [-0.39, 0.29) is 5.91 Å². The molecule has 0 radical (unpaired) electrons. The number of amides is 1. The number of benzene rings is 1. The first-order chi connectivity index (χ1) is 9.22. The Bertz CT molecular complexity index is 651. The number of furan rings is 1. The van der Waals surface area contributed by atoms with Crippen LogP contribution in [0.1, 0.15) is 16.1 Å². The Kier molecular flexibility index (Phi) is 2.23. The summed E-state index contributed by atoms with van der Waals surface area (Å²) in [6.45, 7) is 4.08. The van der Waals surface area contributed by atoms with Crippen LogP contribution >= 0.6 is 0 Å². The van der Waals surface area contributed by atoms with E-state index in [0.717, 1.165) is 24.1 Å². The second-order valence-electron chi connectivity index (χ2n) is 5.64. The van der Waals surface area contributed by atoms with Gasteiger partial charge < -0.3 is 15.1 Å². The molecule has 2 fully saturated rings. The van der Waals surface area contributed by atoms with Gasteiger partial charge in [0, 0.05) is 24.5 Å². The number of piperidine rings is 1. The first-order valence-electron chi connectivity index (χ1n) is 6.74. The zero-order valence-electron chi connectivity index (χ0n) is 10.8. The molecular formula is C15H16N2O2. The maximum atomic E-state index is 12.2. The average Bonchev–Trinajstić information content (AvgIpc) is 2.83. The van der Waals surface area contributed by atoms with Gasteiger partial charge in [-0.1, -0.05) is 11.6 Å². The second-order valence-corrected chi connectivity index (χ2v) is 5.64. The summed E-state index contributed by atoms with van der Waals surface area (Å²) in [6.07, 6.45) is 0. The quantitative estimate of drug-likeness (QED) is 0.859. The monoisotopic (exact) mass is 256 g/mol. The number of hydrogen-bond donors (Lipinski definition) is 2. The molecule has 1 saturated carbocycles. The minimum absolute atomic E-state index is 0.0896. The van der Waals surface area contributed by atoms with Crippen LogP contribution in [0.5, 0.6) is 0 Å². The first kappa shape index (κ1) is 11.1. The molecule has 1 aliphatic heterocycles. The van der Waals surface area contributed by atoms with E-state index in [9.17, 15) is 4.79 Å². The van der Waals surface area contributed by atoms with E-state index in [2.05, 4.69) is 10.6 Å². The van der Waals surface area contributed by atoms with Crippen molar-refractivity contribution in [2.24, 2.45) is 11.8 Å². The maximum absolute atomic E-state index is 12.2. The molecule has 1 aromatic carbocycles. The van der Waals surface area contributed by atoms with Crippen LogP contribution in [-0.2, 0) is 0 Å². The van der Waals surface area contributed by atoms with Crippen molar-refractivity contribution in [2.75, 3.05) is 13.1 Å². The average molecular weight is 256 g/mol. The summed E-state index contributed by atoms with van der Waals surface area (Å²) in [5, 5.41) is 7.38. The summed E-state index contributed by atoms with van der Waals surface area (Å²) in [6, 6.07) is 8.10. The molecule has 2 aromatic rings. The van der Waals surface area contributed by atoms with Crippen molar-refractivity contribution in [3.63, 3.8) is 0 Å². The van der Waals surface area contributed by atoms with Gasteiger partial charge in [0.2, 0.25) is 0 Å². The van der Waals surface area contributed by atoms with Gasteiger partial charge in [0.05, 0.1) is 0 Å². The zero-order chi connectivity index (χ0) is 13.0. The highest BCUT2D eigenvalue weighted by Gasteiger charge is 2.53. The Morgan fingerprint density at radius 3 is 2.89 bits per heavy atom. The standard InChI is InChI=1S/C15H16N2O2/c1-8-2-3-12-9(4-8)5-13(19-12)15(18)17-14-10-6-16-7-11(10)14/h2-5,10-11,14,16H,6-7H2,1H3,(H,17,18). The Morgan fingerprint density at radius 2 is 2.11 bits per heavy atom. The third kappa shape index (κ3) is 1.75. The minimum Gasteiger partial charge on any atom is -0.451 e.